The Labute approximate surface area is 178 Å². The van der Waals surface area contributed by atoms with E-state index in [4.69, 9.17) is 4.74 Å². The van der Waals surface area contributed by atoms with Crippen LogP contribution in [0.4, 0.5) is 5.69 Å². The molecule has 0 aliphatic heterocycles. The molecule has 6 nitrogen and oxygen atoms in total. The molecule has 0 radical (unpaired) electrons. The predicted molar refractivity (Wildman–Crippen MR) is 123 cm³/mol. The van der Waals surface area contributed by atoms with Gasteiger partial charge in [0.1, 0.15) is 16.0 Å². The van der Waals surface area contributed by atoms with Gasteiger partial charge in [0.25, 0.3) is 0 Å². The third kappa shape index (κ3) is 2.07. The maximum atomic E-state index is 13.3. The van der Waals surface area contributed by atoms with E-state index in [1.807, 2.05) is 24.3 Å². The van der Waals surface area contributed by atoms with Crippen LogP contribution in [0, 0.1) is 0 Å². The Bertz CT molecular complexity index is 1630. The van der Waals surface area contributed by atoms with Crippen molar-refractivity contribution in [2.45, 2.75) is 0 Å². The number of nitrogens with zero attached hydrogens (tertiary/aromatic N) is 1. The first-order chi connectivity index (χ1) is 14.3. The molecule has 6 rings (SSSR count). The van der Waals surface area contributed by atoms with Gasteiger partial charge in [0.05, 0.1) is 12.8 Å². The molecule has 0 aromatic heterocycles. The van der Waals surface area contributed by atoms with Crippen molar-refractivity contribution in [1.29, 1.82) is 0 Å². The van der Waals surface area contributed by atoms with Gasteiger partial charge in [-0.15, -0.1) is 0 Å². The van der Waals surface area contributed by atoms with E-state index in [1.165, 1.54) is 13.2 Å². The minimum absolute atomic E-state index is 0.0425. The molecule has 0 atom stereocenters. The third-order valence-corrected chi connectivity index (χ3v) is 6.44. The number of benzene rings is 6. The molecular formula is C23H16BrNO5. The molecule has 7 heteroatoms. The van der Waals surface area contributed by atoms with Gasteiger partial charge in [-0.05, 0) is 26.7 Å². The number of phenolic OH excluding ortho intramolecular Hbond substituents is 2. The summed E-state index contributed by atoms with van der Waals surface area (Å²) < 4.78 is 5.25. The highest BCUT2D eigenvalue weighted by Gasteiger charge is 2.28. The molecule has 2 N–H and O–H groups in total. The lowest BCUT2D eigenvalue weighted by molar-refractivity contribution is 0.408. The molecule has 6 aromatic carbocycles. The fourth-order valence-corrected chi connectivity index (χ4v) is 5.04. The lowest BCUT2D eigenvalue weighted by Gasteiger charge is -2.22. The molecule has 0 heterocycles. The van der Waals surface area contributed by atoms with Gasteiger partial charge in [0.15, 0.2) is 5.75 Å². The van der Waals surface area contributed by atoms with Crippen molar-refractivity contribution in [3.63, 3.8) is 0 Å². The van der Waals surface area contributed by atoms with Gasteiger partial charge in [-0.3, -0.25) is 9.59 Å². The number of methoxy groups -OCH3 is 1. The number of hydrogen-bond acceptors (Lipinski definition) is 6. The van der Waals surface area contributed by atoms with Crippen molar-refractivity contribution >= 4 is 64.7 Å². The summed E-state index contributed by atoms with van der Waals surface area (Å²) in [6, 6.07) is 8.81. The second-order valence-corrected chi connectivity index (χ2v) is 8.25. The number of halogens is 1. The molecule has 0 unspecified atom stereocenters. The summed E-state index contributed by atoms with van der Waals surface area (Å²) in [5, 5.41) is 25.5. The first kappa shape index (κ1) is 18.7. The number of anilines is 1. The van der Waals surface area contributed by atoms with Gasteiger partial charge in [-0.1, -0.05) is 24.3 Å². The Kier molecular flexibility index (Phi) is 3.79. The van der Waals surface area contributed by atoms with Crippen LogP contribution >= 0.6 is 15.9 Å². The zero-order chi connectivity index (χ0) is 21.5. The molecule has 30 heavy (non-hydrogen) atoms. The van der Waals surface area contributed by atoms with Gasteiger partial charge in [-0.2, -0.15) is 0 Å². The van der Waals surface area contributed by atoms with Gasteiger partial charge < -0.3 is 19.8 Å². The second-order valence-electron chi connectivity index (χ2n) is 7.46. The molecular weight excluding hydrogens is 450 g/mol. The van der Waals surface area contributed by atoms with Crippen LogP contribution in [-0.4, -0.2) is 31.4 Å². The molecule has 0 aliphatic carbocycles. The first-order valence-corrected chi connectivity index (χ1v) is 9.97. The van der Waals surface area contributed by atoms with Gasteiger partial charge in [0.2, 0.25) is 10.9 Å². The van der Waals surface area contributed by atoms with E-state index in [-0.39, 0.29) is 32.5 Å². The predicted octanol–water partition coefficient (Wildman–Crippen LogP) is 4.14. The maximum absolute atomic E-state index is 13.3. The second kappa shape index (κ2) is 6.09. The standard InChI is InChI=1S/C23H16BrNO5/c1-25(2)11-8-12(26)15-13-9-6-4-5-7-10(9)14(16(15)20(11)27)17-18(13)22(29)23(30-3)19(24)21(17)28/h4-8,26-27H,1-3H3. The minimum Gasteiger partial charge on any atom is -0.507 e. The maximum Gasteiger partial charge on any atom is 0.230 e. The molecule has 0 aliphatic rings. The molecule has 6 aromatic rings. The Morgan fingerprint density at radius 3 is 2.00 bits per heavy atom. The average molecular weight is 466 g/mol. The first-order valence-electron chi connectivity index (χ1n) is 9.18. The van der Waals surface area contributed by atoms with Crippen LogP contribution in [0.1, 0.15) is 0 Å². The topological polar surface area (TPSA) is 87.1 Å². The van der Waals surface area contributed by atoms with Gasteiger partial charge >= 0.3 is 0 Å². The van der Waals surface area contributed by atoms with Crippen molar-refractivity contribution in [3.05, 3.63) is 55.3 Å². The quantitative estimate of drug-likeness (QED) is 0.301. The van der Waals surface area contributed by atoms with Crippen LogP contribution in [0.25, 0.3) is 43.1 Å². The van der Waals surface area contributed by atoms with E-state index in [0.29, 0.717) is 27.2 Å². The van der Waals surface area contributed by atoms with Gasteiger partial charge in [-0.25, -0.2) is 0 Å². The van der Waals surface area contributed by atoms with Crippen LogP contribution in [0.5, 0.6) is 17.2 Å². The Balaban J connectivity index is 2.30. The molecule has 0 fully saturated rings. The third-order valence-electron chi connectivity index (χ3n) is 5.72. The number of rotatable bonds is 2. The summed E-state index contributed by atoms with van der Waals surface area (Å²) in [4.78, 5) is 28.3. The van der Waals surface area contributed by atoms with Crippen LogP contribution in [0.3, 0.4) is 0 Å². The number of ether oxygens (including phenoxy) is 1. The summed E-state index contributed by atoms with van der Waals surface area (Å²) >= 11 is 3.21. The largest absolute Gasteiger partial charge is 0.507 e. The minimum atomic E-state index is -0.442. The Hall–Kier alpha value is -3.32. The normalized spacial score (nSPS) is 11.9. The lowest BCUT2D eigenvalue weighted by atomic mass is 9.84. The van der Waals surface area contributed by atoms with E-state index >= 15 is 0 Å². The van der Waals surface area contributed by atoms with Gasteiger partial charge in [0, 0.05) is 52.5 Å². The molecule has 2 bridgehead atoms. The van der Waals surface area contributed by atoms with Crippen LogP contribution < -0.4 is 20.5 Å². The summed E-state index contributed by atoms with van der Waals surface area (Å²) in [6.07, 6.45) is 0. The monoisotopic (exact) mass is 465 g/mol. The zero-order valence-electron chi connectivity index (χ0n) is 16.3. The summed E-state index contributed by atoms with van der Waals surface area (Å²) in [7, 11) is 4.83. The van der Waals surface area contributed by atoms with E-state index in [9.17, 15) is 19.8 Å². The summed E-state index contributed by atoms with van der Waals surface area (Å²) in [6.45, 7) is 0. The van der Waals surface area contributed by atoms with Crippen LogP contribution in [0.2, 0.25) is 0 Å². The van der Waals surface area contributed by atoms with Crippen molar-refractivity contribution in [2.75, 3.05) is 26.1 Å². The fraction of sp³-hybridized carbons (Fsp3) is 0.130. The smallest absolute Gasteiger partial charge is 0.230 e. The highest BCUT2D eigenvalue weighted by Crippen LogP contribution is 2.51. The fourth-order valence-electron chi connectivity index (χ4n) is 4.50. The van der Waals surface area contributed by atoms with Crippen LogP contribution in [-0.2, 0) is 0 Å². The molecule has 0 amide bonds. The van der Waals surface area contributed by atoms with Crippen molar-refractivity contribution in [3.8, 4) is 17.2 Å². The highest BCUT2D eigenvalue weighted by molar-refractivity contribution is 9.10. The molecule has 150 valence electrons. The molecule has 0 spiro atoms. The average Bonchev–Trinajstić information content (AvgIpc) is 2.73. The van der Waals surface area contributed by atoms with E-state index in [2.05, 4.69) is 15.9 Å². The number of aromatic hydroxyl groups is 2. The summed E-state index contributed by atoms with van der Waals surface area (Å²) in [5.74, 6) is -0.209. The Morgan fingerprint density at radius 1 is 0.867 bits per heavy atom. The van der Waals surface area contributed by atoms with E-state index < -0.39 is 10.9 Å². The Morgan fingerprint density at radius 2 is 1.43 bits per heavy atom. The SMILES string of the molecule is COc1c(Br)c(=O)c2c(c1=O)c1c3ccccc3c2c2c(O)c(N(C)C)cc(O)c21. The van der Waals surface area contributed by atoms with E-state index in [0.717, 1.165) is 10.8 Å². The van der Waals surface area contributed by atoms with E-state index in [1.54, 1.807) is 19.0 Å². The highest BCUT2D eigenvalue weighted by atomic mass is 79.9. The van der Waals surface area contributed by atoms with Crippen LogP contribution in [0.15, 0.2) is 44.4 Å². The number of phenols is 2. The van der Waals surface area contributed by atoms with Crippen molar-refractivity contribution in [2.24, 2.45) is 0 Å². The molecule has 0 saturated carbocycles. The van der Waals surface area contributed by atoms with Crippen molar-refractivity contribution < 1.29 is 14.9 Å². The number of hydrogen-bond donors (Lipinski definition) is 2. The zero-order valence-corrected chi connectivity index (χ0v) is 17.9. The summed E-state index contributed by atoms with van der Waals surface area (Å²) in [5.41, 5.74) is -0.432. The lowest BCUT2D eigenvalue weighted by Crippen LogP contribution is -2.17. The van der Waals surface area contributed by atoms with Crippen molar-refractivity contribution in [1.82, 2.24) is 0 Å². The molecule has 0 saturated heterocycles.